The molecule has 0 bridgehead atoms. The van der Waals surface area contributed by atoms with Crippen LogP contribution in [0.3, 0.4) is 0 Å². The third-order valence-electron chi connectivity index (χ3n) is 2.36. The third-order valence-corrected chi connectivity index (χ3v) is 5.59. The average Bonchev–Trinajstić information content (AvgIpc) is 2.83. The molecule has 0 fully saturated rings. The molecule has 21 heavy (non-hydrogen) atoms. The molecule has 2 N–H and O–H groups in total. The summed E-state index contributed by atoms with van der Waals surface area (Å²) in [5.74, 6) is -1.33. The summed E-state index contributed by atoms with van der Waals surface area (Å²) in [7, 11) is -4.14. The highest BCUT2D eigenvalue weighted by molar-refractivity contribution is 7.93. The first-order valence-corrected chi connectivity index (χ1v) is 8.70. The SMILES string of the molecule is O=C(O)c1sccc1S(=O)(=O)Nc1c(Cl)cc(Cl)cc1Cl. The van der Waals surface area contributed by atoms with Crippen LogP contribution in [0.5, 0.6) is 0 Å². The summed E-state index contributed by atoms with van der Waals surface area (Å²) >= 11 is 18.3. The van der Waals surface area contributed by atoms with Gasteiger partial charge in [0.2, 0.25) is 0 Å². The molecule has 0 saturated carbocycles. The van der Waals surface area contributed by atoms with Crippen LogP contribution in [-0.4, -0.2) is 19.5 Å². The Kier molecular flexibility index (Phi) is 4.69. The maximum absolute atomic E-state index is 12.3. The van der Waals surface area contributed by atoms with Gasteiger partial charge in [-0.3, -0.25) is 4.72 Å². The molecule has 0 spiro atoms. The molecule has 2 aromatic rings. The number of anilines is 1. The molecule has 10 heteroatoms. The normalized spacial score (nSPS) is 11.4. The maximum Gasteiger partial charge on any atom is 0.347 e. The van der Waals surface area contributed by atoms with Crippen LogP contribution in [-0.2, 0) is 10.0 Å². The minimum absolute atomic E-state index is 0.00294. The van der Waals surface area contributed by atoms with Crippen LogP contribution >= 0.6 is 46.1 Å². The number of rotatable bonds is 4. The van der Waals surface area contributed by atoms with Crippen molar-refractivity contribution in [2.24, 2.45) is 0 Å². The van der Waals surface area contributed by atoms with Gasteiger partial charge in [0.15, 0.2) is 0 Å². The summed E-state index contributed by atoms with van der Waals surface area (Å²) in [6.45, 7) is 0. The van der Waals surface area contributed by atoms with Crippen LogP contribution in [0.4, 0.5) is 5.69 Å². The van der Waals surface area contributed by atoms with E-state index in [0.717, 1.165) is 11.3 Å². The standard InChI is InChI=1S/C11H6Cl3NO4S2/c12-5-3-6(13)9(7(14)4-5)15-21(18,19)8-1-2-20-10(8)11(16)17/h1-4,15H,(H,16,17). The predicted molar refractivity (Wildman–Crippen MR) is 83.6 cm³/mol. The molecule has 1 aromatic heterocycles. The lowest BCUT2D eigenvalue weighted by atomic mass is 10.3. The molecular formula is C11H6Cl3NO4S2. The van der Waals surface area contributed by atoms with E-state index in [0.29, 0.717) is 0 Å². The Morgan fingerprint density at radius 3 is 2.29 bits per heavy atom. The second kappa shape index (κ2) is 6.02. The highest BCUT2D eigenvalue weighted by atomic mass is 35.5. The number of hydrogen-bond donors (Lipinski definition) is 2. The van der Waals surface area contributed by atoms with E-state index in [1.807, 2.05) is 0 Å². The monoisotopic (exact) mass is 385 g/mol. The van der Waals surface area contributed by atoms with Crippen molar-refractivity contribution in [1.29, 1.82) is 0 Å². The first-order chi connectivity index (χ1) is 9.72. The number of nitrogens with one attached hydrogen (secondary N) is 1. The summed E-state index contributed by atoms with van der Waals surface area (Å²) < 4.78 is 26.7. The summed E-state index contributed by atoms with van der Waals surface area (Å²) in [5, 5.41) is 10.6. The second-order valence-corrected chi connectivity index (χ2v) is 7.59. The van der Waals surface area contributed by atoms with Crippen molar-refractivity contribution in [3.63, 3.8) is 0 Å². The summed E-state index contributed by atoms with van der Waals surface area (Å²) in [4.78, 5) is 10.3. The van der Waals surface area contributed by atoms with Gasteiger partial charge in [-0.1, -0.05) is 34.8 Å². The van der Waals surface area contributed by atoms with Gasteiger partial charge in [0.05, 0.1) is 15.7 Å². The Hall–Kier alpha value is -0.990. The number of halogens is 3. The average molecular weight is 387 g/mol. The van der Waals surface area contributed by atoms with Gasteiger partial charge in [-0.25, -0.2) is 13.2 Å². The fourth-order valence-electron chi connectivity index (χ4n) is 1.49. The molecule has 0 aliphatic rings. The van der Waals surface area contributed by atoms with Crippen LogP contribution in [0.25, 0.3) is 0 Å². The van der Waals surface area contributed by atoms with Gasteiger partial charge in [-0.05, 0) is 23.6 Å². The third kappa shape index (κ3) is 3.44. The lowest BCUT2D eigenvalue weighted by Gasteiger charge is -2.11. The van der Waals surface area contributed by atoms with Crippen molar-refractivity contribution >= 4 is 67.8 Å². The lowest BCUT2D eigenvalue weighted by Crippen LogP contribution is -2.15. The molecule has 5 nitrogen and oxygen atoms in total. The molecule has 0 saturated heterocycles. The molecule has 1 aromatic carbocycles. The molecule has 0 atom stereocenters. The molecule has 0 aliphatic heterocycles. The molecular weight excluding hydrogens is 381 g/mol. The van der Waals surface area contributed by atoms with Gasteiger partial charge < -0.3 is 5.11 Å². The van der Waals surface area contributed by atoms with E-state index in [2.05, 4.69) is 4.72 Å². The number of carboxylic acid groups (broad SMARTS) is 1. The van der Waals surface area contributed by atoms with Crippen molar-refractivity contribution < 1.29 is 18.3 Å². The Bertz CT molecular complexity index is 794. The molecule has 1 heterocycles. The fourth-order valence-corrected chi connectivity index (χ4v) is 4.88. The number of carboxylic acids is 1. The number of thiophene rings is 1. The highest BCUT2D eigenvalue weighted by Gasteiger charge is 2.25. The van der Waals surface area contributed by atoms with Crippen LogP contribution in [0, 0.1) is 0 Å². The first-order valence-electron chi connectivity index (χ1n) is 5.20. The van der Waals surface area contributed by atoms with E-state index in [4.69, 9.17) is 39.9 Å². The largest absolute Gasteiger partial charge is 0.477 e. The van der Waals surface area contributed by atoms with E-state index in [1.54, 1.807) is 0 Å². The van der Waals surface area contributed by atoms with Crippen LogP contribution in [0.1, 0.15) is 9.67 Å². The fraction of sp³-hybridized carbons (Fsp3) is 0. The summed E-state index contributed by atoms with van der Waals surface area (Å²) in [6, 6.07) is 3.82. The quantitative estimate of drug-likeness (QED) is 0.824. The van der Waals surface area contributed by atoms with Crippen molar-refractivity contribution in [3.05, 3.63) is 43.5 Å². The van der Waals surface area contributed by atoms with E-state index in [-0.39, 0.29) is 30.5 Å². The van der Waals surface area contributed by atoms with Gasteiger partial charge in [-0.2, -0.15) is 0 Å². The Balaban J connectivity index is 2.48. The van der Waals surface area contributed by atoms with Gasteiger partial charge in [0, 0.05) is 5.02 Å². The molecule has 0 amide bonds. The highest BCUT2D eigenvalue weighted by Crippen LogP contribution is 2.35. The van der Waals surface area contributed by atoms with Crippen LogP contribution in [0.15, 0.2) is 28.5 Å². The smallest absolute Gasteiger partial charge is 0.347 e. The minimum atomic E-state index is -4.14. The van der Waals surface area contributed by atoms with Crippen molar-refractivity contribution in [3.8, 4) is 0 Å². The summed E-state index contributed by atoms with van der Waals surface area (Å²) in [5.41, 5.74) is -0.0646. The second-order valence-electron chi connectivity index (χ2n) is 3.77. The van der Waals surface area contributed by atoms with E-state index >= 15 is 0 Å². The zero-order valence-corrected chi connectivity index (χ0v) is 13.8. The van der Waals surface area contributed by atoms with Gasteiger partial charge in [0.25, 0.3) is 10.0 Å². The topological polar surface area (TPSA) is 83.5 Å². The number of hydrogen-bond acceptors (Lipinski definition) is 4. The molecule has 112 valence electrons. The van der Waals surface area contributed by atoms with Crippen molar-refractivity contribution in [1.82, 2.24) is 0 Å². The van der Waals surface area contributed by atoms with Gasteiger partial charge >= 0.3 is 5.97 Å². The summed E-state index contributed by atoms with van der Waals surface area (Å²) in [6.07, 6.45) is 0. The number of carbonyl (C=O) groups is 1. The molecule has 0 unspecified atom stereocenters. The Morgan fingerprint density at radius 2 is 1.76 bits per heavy atom. The lowest BCUT2D eigenvalue weighted by molar-refractivity contribution is 0.0698. The van der Waals surface area contributed by atoms with E-state index < -0.39 is 16.0 Å². The zero-order valence-electron chi connectivity index (χ0n) is 9.93. The molecule has 0 radical (unpaired) electrons. The van der Waals surface area contributed by atoms with Crippen molar-refractivity contribution in [2.45, 2.75) is 4.90 Å². The van der Waals surface area contributed by atoms with Crippen LogP contribution in [0.2, 0.25) is 15.1 Å². The Labute approximate surface area is 139 Å². The number of aromatic carboxylic acids is 1. The number of benzene rings is 1. The van der Waals surface area contributed by atoms with Gasteiger partial charge in [-0.15, -0.1) is 11.3 Å². The molecule has 2 rings (SSSR count). The van der Waals surface area contributed by atoms with E-state index in [9.17, 15) is 13.2 Å². The van der Waals surface area contributed by atoms with E-state index in [1.165, 1.54) is 23.6 Å². The van der Waals surface area contributed by atoms with Crippen LogP contribution < -0.4 is 4.72 Å². The predicted octanol–water partition coefficient (Wildman–Crippen LogP) is 4.21. The Morgan fingerprint density at radius 1 is 1.19 bits per heavy atom. The maximum atomic E-state index is 12.3. The number of sulfonamides is 1. The minimum Gasteiger partial charge on any atom is -0.477 e. The zero-order chi connectivity index (χ0) is 15.8. The molecule has 0 aliphatic carbocycles. The van der Waals surface area contributed by atoms with Gasteiger partial charge in [0.1, 0.15) is 9.77 Å². The van der Waals surface area contributed by atoms with Crippen molar-refractivity contribution in [2.75, 3.05) is 4.72 Å². The first kappa shape index (κ1) is 16.4.